The lowest BCUT2D eigenvalue weighted by Gasteiger charge is -2.33. The Labute approximate surface area is 98.8 Å². The van der Waals surface area contributed by atoms with Gasteiger partial charge in [-0.05, 0) is 52.0 Å². The van der Waals surface area contributed by atoms with Gasteiger partial charge >= 0.3 is 5.97 Å². The smallest absolute Gasteiger partial charge is 0.306 e. The highest BCUT2D eigenvalue weighted by Gasteiger charge is 2.27. The first-order chi connectivity index (χ1) is 7.54. The van der Waals surface area contributed by atoms with E-state index in [0.717, 1.165) is 38.8 Å². The molecule has 0 unspecified atom stereocenters. The molecule has 0 atom stereocenters. The number of hydrogen-bond donors (Lipinski definition) is 1. The zero-order valence-corrected chi connectivity index (χ0v) is 10.8. The van der Waals surface area contributed by atoms with Gasteiger partial charge in [-0.1, -0.05) is 6.92 Å². The number of carboxylic acids is 1. The Bertz CT molecular complexity index is 220. The molecular formula is C13H25NO2. The summed E-state index contributed by atoms with van der Waals surface area (Å²) in [4.78, 5) is 13.3. The largest absolute Gasteiger partial charge is 0.481 e. The van der Waals surface area contributed by atoms with E-state index in [1.807, 2.05) is 0 Å². The van der Waals surface area contributed by atoms with Crippen molar-refractivity contribution in [2.24, 2.45) is 11.8 Å². The van der Waals surface area contributed by atoms with E-state index in [1.54, 1.807) is 0 Å². The van der Waals surface area contributed by atoms with Gasteiger partial charge in [0.05, 0.1) is 5.92 Å². The number of hydrogen-bond acceptors (Lipinski definition) is 2. The molecule has 16 heavy (non-hydrogen) atoms. The standard InChI is InChI=1S/C13H25NO2/c1-4-14(10(2)3)9-11-5-7-12(8-6-11)13(15)16/h10-12H,4-9H2,1-3H3,(H,15,16)/t11-,12-. The first kappa shape index (κ1) is 13.5. The first-order valence-corrected chi connectivity index (χ1v) is 6.51. The molecule has 1 aliphatic rings. The highest BCUT2D eigenvalue weighted by molar-refractivity contribution is 5.69. The van der Waals surface area contributed by atoms with Crippen molar-refractivity contribution in [1.82, 2.24) is 4.90 Å². The number of nitrogens with zero attached hydrogens (tertiary/aromatic N) is 1. The van der Waals surface area contributed by atoms with Gasteiger partial charge in [-0.25, -0.2) is 0 Å². The molecule has 3 heteroatoms. The maximum absolute atomic E-state index is 10.8. The summed E-state index contributed by atoms with van der Waals surface area (Å²) in [5.74, 6) is 0.0259. The Hall–Kier alpha value is -0.570. The van der Waals surface area contributed by atoms with Crippen LogP contribution in [0, 0.1) is 11.8 Å². The minimum atomic E-state index is -0.602. The molecule has 0 aromatic rings. The third-order valence-electron chi connectivity index (χ3n) is 3.83. The molecule has 0 aromatic carbocycles. The van der Waals surface area contributed by atoms with Gasteiger partial charge in [0.25, 0.3) is 0 Å². The summed E-state index contributed by atoms with van der Waals surface area (Å²) < 4.78 is 0. The number of carboxylic acid groups (broad SMARTS) is 1. The molecule has 0 heterocycles. The molecule has 0 radical (unpaired) electrons. The van der Waals surface area contributed by atoms with Gasteiger partial charge in [0.15, 0.2) is 0 Å². The highest BCUT2D eigenvalue weighted by atomic mass is 16.4. The minimum Gasteiger partial charge on any atom is -0.481 e. The lowest BCUT2D eigenvalue weighted by Crippen LogP contribution is -2.36. The molecule has 0 spiro atoms. The van der Waals surface area contributed by atoms with Gasteiger partial charge in [0, 0.05) is 12.6 Å². The third-order valence-corrected chi connectivity index (χ3v) is 3.83. The maximum atomic E-state index is 10.8. The lowest BCUT2D eigenvalue weighted by molar-refractivity contribution is -0.143. The summed E-state index contributed by atoms with van der Waals surface area (Å²) in [6.07, 6.45) is 3.91. The van der Waals surface area contributed by atoms with Gasteiger partial charge in [0.2, 0.25) is 0 Å². The molecule has 0 saturated heterocycles. The zero-order valence-electron chi connectivity index (χ0n) is 10.8. The van der Waals surface area contributed by atoms with E-state index in [1.165, 1.54) is 0 Å². The van der Waals surface area contributed by atoms with Crippen LogP contribution in [-0.4, -0.2) is 35.1 Å². The molecule has 94 valence electrons. The van der Waals surface area contributed by atoms with Crippen LogP contribution in [0.25, 0.3) is 0 Å². The Balaban J connectivity index is 2.33. The molecule has 1 saturated carbocycles. The van der Waals surface area contributed by atoms with Crippen LogP contribution in [0.4, 0.5) is 0 Å². The summed E-state index contributed by atoms with van der Waals surface area (Å²) in [6.45, 7) is 8.89. The van der Waals surface area contributed by atoms with Crippen molar-refractivity contribution in [3.8, 4) is 0 Å². The average molecular weight is 227 g/mol. The van der Waals surface area contributed by atoms with Crippen molar-refractivity contribution in [2.45, 2.75) is 52.5 Å². The minimum absolute atomic E-state index is 0.0784. The predicted octanol–water partition coefficient (Wildman–Crippen LogP) is 2.61. The molecular weight excluding hydrogens is 202 g/mol. The van der Waals surface area contributed by atoms with Gasteiger partial charge in [-0.3, -0.25) is 4.79 Å². The zero-order chi connectivity index (χ0) is 12.1. The molecule has 1 fully saturated rings. The first-order valence-electron chi connectivity index (χ1n) is 6.51. The predicted molar refractivity (Wildman–Crippen MR) is 65.5 cm³/mol. The van der Waals surface area contributed by atoms with E-state index in [0.29, 0.717) is 12.0 Å². The highest BCUT2D eigenvalue weighted by Crippen LogP contribution is 2.29. The second-order valence-electron chi connectivity index (χ2n) is 5.24. The van der Waals surface area contributed by atoms with Gasteiger partial charge in [-0.2, -0.15) is 0 Å². The molecule has 0 aliphatic heterocycles. The number of carbonyl (C=O) groups is 1. The van der Waals surface area contributed by atoms with E-state index in [9.17, 15) is 4.79 Å². The second-order valence-corrected chi connectivity index (χ2v) is 5.24. The fourth-order valence-corrected chi connectivity index (χ4v) is 2.63. The maximum Gasteiger partial charge on any atom is 0.306 e. The number of rotatable bonds is 5. The molecule has 3 nitrogen and oxygen atoms in total. The van der Waals surface area contributed by atoms with Crippen molar-refractivity contribution in [2.75, 3.05) is 13.1 Å². The van der Waals surface area contributed by atoms with Crippen molar-refractivity contribution in [1.29, 1.82) is 0 Å². The molecule has 1 aliphatic carbocycles. The SMILES string of the molecule is CCN(C[C@H]1CC[C@H](C(=O)O)CC1)C(C)C. The van der Waals surface area contributed by atoms with Crippen LogP contribution in [0.3, 0.4) is 0 Å². The second kappa shape index (κ2) is 6.24. The van der Waals surface area contributed by atoms with E-state index >= 15 is 0 Å². The Morgan fingerprint density at radius 2 is 1.88 bits per heavy atom. The molecule has 1 N–H and O–H groups in total. The normalized spacial score (nSPS) is 26.3. The molecule has 0 amide bonds. The molecule has 0 bridgehead atoms. The van der Waals surface area contributed by atoms with Gasteiger partial charge < -0.3 is 10.0 Å². The van der Waals surface area contributed by atoms with Crippen LogP contribution in [0.2, 0.25) is 0 Å². The van der Waals surface area contributed by atoms with Crippen molar-refractivity contribution in [3.05, 3.63) is 0 Å². The number of aliphatic carboxylic acids is 1. The Morgan fingerprint density at radius 1 is 1.31 bits per heavy atom. The quantitative estimate of drug-likeness (QED) is 0.785. The van der Waals surface area contributed by atoms with Crippen LogP contribution in [0.1, 0.15) is 46.5 Å². The lowest BCUT2D eigenvalue weighted by atomic mass is 9.81. The third kappa shape index (κ3) is 3.78. The fourth-order valence-electron chi connectivity index (χ4n) is 2.63. The van der Waals surface area contributed by atoms with E-state index in [2.05, 4.69) is 25.7 Å². The Kier molecular flexibility index (Phi) is 5.26. The molecule has 0 aromatic heterocycles. The average Bonchev–Trinajstić information content (AvgIpc) is 2.26. The summed E-state index contributed by atoms with van der Waals surface area (Å²) in [7, 11) is 0. The summed E-state index contributed by atoms with van der Waals surface area (Å²) >= 11 is 0. The Morgan fingerprint density at radius 3 is 2.25 bits per heavy atom. The van der Waals surface area contributed by atoms with Gasteiger partial charge in [0.1, 0.15) is 0 Å². The fraction of sp³-hybridized carbons (Fsp3) is 0.923. The summed E-state index contributed by atoms with van der Waals surface area (Å²) in [6, 6.07) is 0.599. The van der Waals surface area contributed by atoms with Crippen LogP contribution in [0.15, 0.2) is 0 Å². The van der Waals surface area contributed by atoms with Crippen LogP contribution in [0.5, 0.6) is 0 Å². The van der Waals surface area contributed by atoms with Crippen LogP contribution < -0.4 is 0 Å². The van der Waals surface area contributed by atoms with Crippen molar-refractivity contribution in [3.63, 3.8) is 0 Å². The van der Waals surface area contributed by atoms with Crippen LogP contribution in [-0.2, 0) is 4.79 Å². The molecule has 1 rings (SSSR count). The van der Waals surface area contributed by atoms with E-state index < -0.39 is 5.97 Å². The van der Waals surface area contributed by atoms with Crippen molar-refractivity contribution >= 4 is 5.97 Å². The van der Waals surface area contributed by atoms with Crippen LogP contribution >= 0.6 is 0 Å². The summed E-state index contributed by atoms with van der Waals surface area (Å²) in [5.41, 5.74) is 0. The van der Waals surface area contributed by atoms with Gasteiger partial charge in [-0.15, -0.1) is 0 Å². The van der Waals surface area contributed by atoms with E-state index in [4.69, 9.17) is 5.11 Å². The van der Waals surface area contributed by atoms with E-state index in [-0.39, 0.29) is 5.92 Å². The monoisotopic (exact) mass is 227 g/mol. The summed E-state index contributed by atoms with van der Waals surface area (Å²) in [5, 5.41) is 8.93. The topological polar surface area (TPSA) is 40.5 Å². The van der Waals surface area contributed by atoms with Crippen molar-refractivity contribution < 1.29 is 9.90 Å².